The molecule has 0 radical (unpaired) electrons. The van der Waals surface area contributed by atoms with Gasteiger partial charge in [0.1, 0.15) is 6.04 Å². The molecule has 0 aliphatic carbocycles. The number of hydrogen-bond donors (Lipinski definition) is 1. The zero-order valence-corrected chi connectivity index (χ0v) is 22.7. The van der Waals surface area contributed by atoms with E-state index in [0.717, 1.165) is 33.0 Å². The van der Waals surface area contributed by atoms with Gasteiger partial charge in [-0.3, -0.25) is 0 Å². The Hall–Kier alpha value is -0.693. The van der Waals surface area contributed by atoms with E-state index in [1.807, 2.05) is 0 Å². The van der Waals surface area contributed by atoms with Gasteiger partial charge in [0.2, 0.25) is 0 Å². The molecule has 2 aromatic rings. The first-order valence-electron chi connectivity index (χ1n) is 11.9. The summed E-state index contributed by atoms with van der Waals surface area (Å²) < 4.78 is 9.89. The summed E-state index contributed by atoms with van der Waals surface area (Å²) in [7, 11) is 10.1. The third-order valence-corrected chi connectivity index (χ3v) is 6.46. The molecule has 0 amide bonds. The molecule has 2 saturated heterocycles. The Morgan fingerprint density at radius 3 is 1.73 bits per heavy atom. The van der Waals surface area contributed by atoms with Gasteiger partial charge in [0.25, 0.3) is 0 Å². The third-order valence-electron chi connectivity index (χ3n) is 5.57. The van der Waals surface area contributed by atoms with Crippen molar-refractivity contribution >= 4 is 13.9 Å². The number of nitrogens with one attached hydrogen (secondary N) is 1. The van der Waals surface area contributed by atoms with Crippen LogP contribution in [0.2, 0.25) is 0 Å². The van der Waals surface area contributed by atoms with E-state index in [1.165, 1.54) is 61.2 Å². The van der Waals surface area contributed by atoms with Gasteiger partial charge in [-0.15, -0.1) is 0 Å². The molecule has 2 fully saturated rings. The van der Waals surface area contributed by atoms with Gasteiger partial charge in [0.05, 0.1) is 14.1 Å². The van der Waals surface area contributed by atoms with Crippen LogP contribution in [0.4, 0.5) is 0 Å². The summed E-state index contributed by atoms with van der Waals surface area (Å²) >= 11 is 0. The average molecular weight is 466 g/mol. The maximum Gasteiger partial charge on any atom is 1.00 e. The van der Waals surface area contributed by atoms with Crippen molar-refractivity contribution in [2.75, 3.05) is 61.3 Å². The molecule has 2 aromatic carbocycles. The minimum Gasteiger partial charge on any atom is -0.509 e. The molecule has 1 N–H and O–H groups in total. The first-order valence-corrected chi connectivity index (χ1v) is 13.3. The molecule has 2 aliphatic rings. The summed E-state index contributed by atoms with van der Waals surface area (Å²) in [5, 5.41) is 1.42. The topological polar surface area (TPSA) is 26.1 Å². The summed E-state index contributed by atoms with van der Waals surface area (Å²) in [5.41, 5.74) is 4.30. The molecule has 1 unspecified atom stereocenters. The second-order valence-corrected chi connectivity index (χ2v) is 9.80. The zero-order chi connectivity index (χ0) is 23.2. The van der Waals surface area contributed by atoms with Gasteiger partial charge >= 0.3 is 18.9 Å². The minimum atomic E-state index is 0. The zero-order valence-electron chi connectivity index (χ0n) is 21.8. The normalized spacial score (nSPS) is 16.2. The number of hydrogen-bond acceptors (Lipinski definition) is 3. The molecule has 2 aliphatic heterocycles. The van der Waals surface area contributed by atoms with Crippen molar-refractivity contribution in [2.24, 2.45) is 0 Å². The van der Waals surface area contributed by atoms with Gasteiger partial charge in [0.15, 0.2) is 0 Å². The molecule has 2 heterocycles. The summed E-state index contributed by atoms with van der Waals surface area (Å²) in [6, 6.07) is 18.1. The summed E-state index contributed by atoms with van der Waals surface area (Å²) in [6.07, 6.45) is 5.11. The molecule has 4 rings (SSSR count). The van der Waals surface area contributed by atoms with Crippen molar-refractivity contribution in [3.63, 3.8) is 0 Å². The van der Waals surface area contributed by atoms with Crippen LogP contribution in [0.1, 0.15) is 48.4 Å². The van der Waals surface area contributed by atoms with Crippen molar-refractivity contribution in [2.45, 2.75) is 38.3 Å². The van der Waals surface area contributed by atoms with Crippen molar-refractivity contribution < 1.29 is 33.2 Å². The number of benzene rings is 2. The van der Waals surface area contributed by atoms with E-state index in [9.17, 15) is 0 Å². The van der Waals surface area contributed by atoms with Crippen LogP contribution in [0.15, 0.2) is 48.5 Å². The van der Waals surface area contributed by atoms with Crippen molar-refractivity contribution in [3.8, 4) is 0 Å². The summed E-state index contributed by atoms with van der Waals surface area (Å²) in [5.74, 6) is 0. The van der Waals surface area contributed by atoms with E-state index < -0.39 is 0 Å². The maximum atomic E-state index is 4.94. The summed E-state index contributed by atoms with van der Waals surface area (Å²) in [4.78, 5) is 3.69. The fraction of sp³-hybridized carbons (Fsp3) is 0.556. The largest absolute Gasteiger partial charge is 1.00 e. The van der Waals surface area contributed by atoms with Gasteiger partial charge in [-0.2, -0.15) is 12.0 Å². The molecule has 1 atom stereocenters. The Morgan fingerprint density at radius 1 is 0.818 bits per heavy atom. The van der Waals surface area contributed by atoms with Crippen LogP contribution in [-0.2, 0) is 16.0 Å². The Labute approximate surface area is 216 Å². The smallest absolute Gasteiger partial charge is 0.509 e. The Kier molecular flexibility index (Phi) is 16.3. The molecule has 0 saturated carbocycles. The summed E-state index contributed by atoms with van der Waals surface area (Å²) in [6.45, 7) is 7.19. The van der Waals surface area contributed by atoms with Crippen LogP contribution in [0.25, 0.3) is 0 Å². The Balaban J connectivity index is 0.000000404. The predicted octanol–water partition coefficient (Wildman–Crippen LogP) is 0.781. The van der Waals surface area contributed by atoms with Crippen molar-refractivity contribution in [1.82, 2.24) is 4.90 Å². The van der Waals surface area contributed by atoms with Crippen LogP contribution >= 0.6 is 8.58 Å². The molecular weight excluding hydrogens is 422 g/mol. The van der Waals surface area contributed by atoms with Crippen LogP contribution in [0.5, 0.6) is 0 Å². The van der Waals surface area contributed by atoms with Crippen LogP contribution in [0, 0.1) is 0 Å². The Morgan fingerprint density at radius 2 is 1.30 bits per heavy atom. The third kappa shape index (κ3) is 11.1. The molecule has 6 heteroatoms. The van der Waals surface area contributed by atoms with Gasteiger partial charge < -0.3 is 27.9 Å². The van der Waals surface area contributed by atoms with Gasteiger partial charge in [0, 0.05) is 38.5 Å². The van der Waals surface area contributed by atoms with Crippen molar-refractivity contribution in [3.05, 3.63) is 65.2 Å². The first kappa shape index (κ1) is 30.3. The molecule has 33 heavy (non-hydrogen) atoms. The molecule has 0 spiro atoms. The molecule has 178 valence electrons. The van der Waals surface area contributed by atoms with E-state index in [2.05, 4.69) is 88.3 Å². The van der Waals surface area contributed by atoms with Crippen molar-refractivity contribution in [1.29, 1.82) is 0 Å². The fourth-order valence-electron chi connectivity index (χ4n) is 4.05. The molecule has 0 bridgehead atoms. The van der Waals surface area contributed by atoms with Gasteiger partial charge in [-0.1, -0.05) is 48.5 Å². The predicted molar refractivity (Wildman–Crippen MR) is 138 cm³/mol. The number of quaternary nitrogens is 1. The van der Waals surface area contributed by atoms with Crippen LogP contribution in [-0.4, -0.2) is 66.2 Å². The number of rotatable bonds is 6. The average Bonchev–Trinajstić information content (AvgIpc) is 3.54. The number of ether oxygens (including phenoxy) is 2. The maximum absolute atomic E-state index is 4.94. The SMILES string of the molecule is C1CCOC1.C1CCOC1.C[P-]c1ccccc1C(c1ccccc1CN(C)C)[NH+](C)C.[Li+]. The van der Waals surface area contributed by atoms with Gasteiger partial charge in [-0.05, 0) is 50.9 Å². The van der Waals surface area contributed by atoms with Gasteiger partial charge in [-0.25, -0.2) is 0 Å². The minimum absolute atomic E-state index is 0. The van der Waals surface area contributed by atoms with E-state index in [4.69, 9.17) is 9.47 Å². The van der Waals surface area contributed by atoms with E-state index in [0.29, 0.717) is 6.04 Å². The quantitative estimate of drug-likeness (QED) is 0.505. The van der Waals surface area contributed by atoms with E-state index in [1.54, 1.807) is 0 Å². The molecular formula is C27H43LiN2O2P+. The number of nitrogens with zero attached hydrogens (tertiary/aromatic N) is 1. The first-order chi connectivity index (χ1) is 15.5. The van der Waals surface area contributed by atoms with E-state index >= 15 is 0 Å². The van der Waals surface area contributed by atoms with Crippen LogP contribution in [0.3, 0.4) is 0 Å². The standard InChI is InChI=1S/C19H26N2P.2C4H8O.Li/c1-20(2)14-15-10-6-7-11-16(15)19(21(3)4)17-12-8-9-13-18(17)22-5;2*1-2-4-5-3-1;/h6-13,19H,14H2,1-5H3;2*1-4H2;/q-1;;;+1/p+1. The van der Waals surface area contributed by atoms with E-state index in [-0.39, 0.29) is 18.9 Å². The van der Waals surface area contributed by atoms with Crippen LogP contribution < -0.4 is 29.1 Å². The Bertz CT molecular complexity index is 740. The second-order valence-electron chi connectivity index (χ2n) is 8.87. The fourth-order valence-corrected chi connectivity index (χ4v) is 4.74. The molecule has 4 nitrogen and oxygen atoms in total. The monoisotopic (exact) mass is 465 g/mol. The molecule has 0 aromatic heterocycles. The second kappa shape index (κ2) is 17.7.